The number of esters is 1. The highest BCUT2D eigenvalue weighted by molar-refractivity contribution is 7.89. The number of aromatic nitrogens is 1. The predicted molar refractivity (Wildman–Crippen MR) is 94.4 cm³/mol. The molecule has 0 aliphatic carbocycles. The molecule has 2 aromatic rings. The Labute approximate surface area is 156 Å². The van der Waals surface area contributed by atoms with E-state index in [9.17, 15) is 18.0 Å². The zero-order valence-electron chi connectivity index (χ0n) is 14.4. The zero-order chi connectivity index (χ0) is 19.4. The first-order valence-electron chi connectivity index (χ1n) is 8.20. The summed E-state index contributed by atoms with van der Waals surface area (Å²) in [5.41, 5.74) is 6.22. The van der Waals surface area contributed by atoms with Gasteiger partial charge in [-0.3, -0.25) is 4.79 Å². The number of morpholine rings is 1. The van der Waals surface area contributed by atoms with Crippen molar-refractivity contribution < 1.29 is 27.5 Å². The van der Waals surface area contributed by atoms with E-state index in [0.717, 1.165) is 0 Å². The van der Waals surface area contributed by atoms with E-state index >= 15 is 0 Å². The molecule has 0 atom stereocenters. The molecule has 0 radical (unpaired) electrons. The Morgan fingerprint density at radius 3 is 2.48 bits per heavy atom. The van der Waals surface area contributed by atoms with Gasteiger partial charge in [-0.15, -0.1) is 0 Å². The number of amides is 1. The number of H-pyrrole nitrogens is 1. The van der Waals surface area contributed by atoms with Gasteiger partial charge in [-0.05, 0) is 23.8 Å². The van der Waals surface area contributed by atoms with E-state index < -0.39 is 21.9 Å². The van der Waals surface area contributed by atoms with Crippen molar-refractivity contribution in [2.75, 3.05) is 26.3 Å². The molecule has 1 aromatic carbocycles. The van der Waals surface area contributed by atoms with Crippen LogP contribution < -0.4 is 5.73 Å². The van der Waals surface area contributed by atoms with E-state index in [2.05, 4.69) is 4.98 Å². The molecule has 1 aliphatic rings. The fourth-order valence-electron chi connectivity index (χ4n) is 2.57. The Bertz CT molecular complexity index is 930. The van der Waals surface area contributed by atoms with Gasteiger partial charge >= 0.3 is 5.97 Å². The molecule has 3 rings (SSSR count). The van der Waals surface area contributed by atoms with Crippen LogP contribution in [-0.2, 0) is 26.1 Å². The number of rotatable bonds is 6. The van der Waals surface area contributed by atoms with Crippen molar-refractivity contribution in [1.82, 2.24) is 9.29 Å². The lowest BCUT2D eigenvalue weighted by Gasteiger charge is -2.25. The molecule has 144 valence electrons. The van der Waals surface area contributed by atoms with Crippen molar-refractivity contribution in [1.29, 1.82) is 0 Å². The molecule has 1 amide bonds. The minimum atomic E-state index is -3.68. The summed E-state index contributed by atoms with van der Waals surface area (Å²) in [5.74, 6) is -1.23. The molecule has 0 bridgehead atoms. The van der Waals surface area contributed by atoms with E-state index in [4.69, 9.17) is 15.2 Å². The quantitative estimate of drug-likeness (QED) is 0.687. The van der Waals surface area contributed by atoms with Crippen LogP contribution in [0.1, 0.15) is 26.4 Å². The Morgan fingerprint density at radius 2 is 1.85 bits per heavy atom. The van der Waals surface area contributed by atoms with Crippen LogP contribution in [0.25, 0.3) is 0 Å². The number of carbonyl (C=O) groups excluding carboxylic acids is 2. The smallest absolute Gasteiger partial charge is 0.355 e. The van der Waals surface area contributed by atoms with Crippen LogP contribution in [0.4, 0.5) is 0 Å². The van der Waals surface area contributed by atoms with E-state index in [-0.39, 0.29) is 30.3 Å². The Morgan fingerprint density at radius 1 is 1.19 bits per heavy atom. The van der Waals surface area contributed by atoms with Gasteiger partial charge in [-0.25, -0.2) is 13.2 Å². The van der Waals surface area contributed by atoms with Crippen LogP contribution in [0, 0.1) is 0 Å². The molecular weight excluding hydrogens is 374 g/mol. The van der Waals surface area contributed by atoms with Gasteiger partial charge < -0.3 is 20.2 Å². The van der Waals surface area contributed by atoms with Gasteiger partial charge in [0.2, 0.25) is 15.9 Å². The summed E-state index contributed by atoms with van der Waals surface area (Å²) in [7, 11) is -3.68. The summed E-state index contributed by atoms with van der Waals surface area (Å²) < 4.78 is 36.7. The number of hydrogen-bond acceptors (Lipinski definition) is 6. The maximum absolute atomic E-state index is 12.5. The van der Waals surface area contributed by atoms with Crippen molar-refractivity contribution in [3.05, 3.63) is 53.3 Å². The summed E-state index contributed by atoms with van der Waals surface area (Å²) in [6.07, 6.45) is 1.27. The third-order valence-corrected chi connectivity index (χ3v) is 5.97. The molecule has 10 heteroatoms. The normalized spacial score (nSPS) is 15.4. The second-order valence-electron chi connectivity index (χ2n) is 5.90. The monoisotopic (exact) mass is 393 g/mol. The number of ether oxygens (including phenoxy) is 2. The topological polar surface area (TPSA) is 132 Å². The number of carbonyl (C=O) groups is 2. The first-order chi connectivity index (χ1) is 12.9. The molecule has 9 nitrogen and oxygen atoms in total. The Hall–Kier alpha value is -2.69. The number of primary amides is 1. The van der Waals surface area contributed by atoms with Crippen molar-refractivity contribution in [2.45, 2.75) is 11.5 Å². The number of nitrogens with zero attached hydrogens (tertiary/aromatic N) is 1. The first-order valence-corrected chi connectivity index (χ1v) is 9.64. The van der Waals surface area contributed by atoms with E-state index in [0.29, 0.717) is 24.3 Å². The standard InChI is InChI=1S/C17H19N3O6S/c18-16(21)13-3-1-12(2-4-13)11-26-17(22)15-9-14(10-19-15)27(23,24)20-5-7-25-8-6-20/h1-4,9-10,19H,5-8,11H2,(H2,18,21). The molecule has 2 heterocycles. The molecule has 0 unspecified atom stereocenters. The van der Waals surface area contributed by atoms with Crippen LogP contribution in [0.15, 0.2) is 41.4 Å². The second kappa shape index (κ2) is 7.91. The Balaban J connectivity index is 1.63. The minimum Gasteiger partial charge on any atom is -0.456 e. The zero-order valence-corrected chi connectivity index (χ0v) is 15.2. The number of nitrogens with two attached hydrogens (primary N) is 1. The first kappa shape index (κ1) is 19.1. The lowest BCUT2D eigenvalue weighted by Crippen LogP contribution is -2.40. The average Bonchev–Trinajstić information content (AvgIpc) is 3.18. The van der Waals surface area contributed by atoms with Gasteiger partial charge in [0.15, 0.2) is 0 Å². The number of nitrogens with one attached hydrogen (secondary N) is 1. The van der Waals surface area contributed by atoms with Gasteiger partial charge in [0.1, 0.15) is 17.2 Å². The maximum atomic E-state index is 12.5. The van der Waals surface area contributed by atoms with Crippen LogP contribution >= 0.6 is 0 Å². The predicted octanol–water partition coefficient (Wildman–Crippen LogP) is 0.492. The summed E-state index contributed by atoms with van der Waals surface area (Å²) in [4.78, 5) is 25.8. The van der Waals surface area contributed by atoms with Crippen LogP contribution in [0.3, 0.4) is 0 Å². The fraction of sp³-hybridized carbons (Fsp3) is 0.294. The van der Waals surface area contributed by atoms with E-state index in [1.807, 2.05) is 0 Å². The highest BCUT2D eigenvalue weighted by atomic mass is 32.2. The van der Waals surface area contributed by atoms with Crippen molar-refractivity contribution in [3.63, 3.8) is 0 Å². The largest absolute Gasteiger partial charge is 0.456 e. The molecule has 1 aliphatic heterocycles. The van der Waals surface area contributed by atoms with Gasteiger partial charge in [-0.2, -0.15) is 4.31 Å². The number of sulfonamides is 1. The molecule has 0 spiro atoms. The van der Waals surface area contributed by atoms with Crippen molar-refractivity contribution in [3.8, 4) is 0 Å². The lowest BCUT2D eigenvalue weighted by molar-refractivity contribution is 0.0466. The van der Waals surface area contributed by atoms with E-state index in [1.165, 1.54) is 28.7 Å². The third kappa shape index (κ3) is 4.35. The van der Waals surface area contributed by atoms with E-state index in [1.54, 1.807) is 12.1 Å². The van der Waals surface area contributed by atoms with Crippen molar-refractivity contribution >= 4 is 21.9 Å². The highest BCUT2D eigenvalue weighted by Crippen LogP contribution is 2.18. The number of hydrogen-bond donors (Lipinski definition) is 2. The highest BCUT2D eigenvalue weighted by Gasteiger charge is 2.28. The number of benzene rings is 1. The molecule has 1 saturated heterocycles. The average molecular weight is 393 g/mol. The van der Waals surface area contributed by atoms with Crippen molar-refractivity contribution in [2.24, 2.45) is 5.73 Å². The van der Waals surface area contributed by atoms with Gasteiger partial charge in [-0.1, -0.05) is 12.1 Å². The maximum Gasteiger partial charge on any atom is 0.355 e. The van der Waals surface area contributed by atoms with Gasteiger partial charge in [0.05, 0.1) is 13.2 Å². The van der Waals surface area contributed by atoms with Crippen LogP contribution in [-0.4, -0.2) is 55.9 Å². The Kier molecular flexibility index (Phi) is 5.59. The molecule has 1 fully saturated rings. The number of aromatic amines is 1. The SMILES string of the molecule is NC(=O)c1ccc(COC(=O)c2cc(S(=O)(=O)N3CCOCC3)c[nH]2)cc1. The lowest BCUT2D eigenvalue weighted by atomic mass is 10.1. The fourth-order valence-corrected chi connectivity index (χ4v) is 3.97. The second-order valence-corrected chi connectivity index (χ2v) is 7.84. The molecule has 0 saturated carbocycles. The molecule has 3 N–H and O–H groups in total. The van der Waals surface area contributed by atoms with Gasteiger partial charge in [0.25, 0.3) is 0 Å². The minimum absolute atomic E-state index is 0.00200. The molecule has 1 aromatic heterocycles. The molecular formula is C17H19N3O6S. The third-order valence-electron chi connectivity index (χ3n) is 4.09. The van der Waals surface area contributed by atoms with Gasteiger partial charge in [0, 0.05) is 24.8 Å². The van der Waals surface area contributed by atoms with Crippen LogP contribution in [0.5, 0.6) is 0 Å². The summed E-state index contributed by atoms with van der Waals surface area (Å²) in [6.45, 7) is 1.20. The molecule has 27 heavy (non-hydrogen) atoms. The summed E-state index contributed by atoms with van der Waals surface area (Å²) >= 11 is 0. The summed E-state index contributed by atoms with van der Waals surface area (Å²) in [6, 6.07) is 7.57. The summed E-state index contributed by atoms with van der Waals surface area (Å²) in [5, 5.41) is 0. The van der Waals surface area contributed by atoms with Crippen LogP contribution in [0.2, 0.25) is 0 Å².